The molecule has 2 fully saturated rings. The van der Waals surface area contributed by atoms with E-state index in [0.29, 0.717) is 31.1 Å². The molecule has 0 amide bonds. The lowest BCUT2D eigenvalue weighted by molar-refractivity contribution is -0.152. The average Bonchev–Trinajstić information content (AvgIpc) is 3.26. The van der Waals surface area contributed by atoms with Crippen LogP contribution in [0.25, 0.3) is 11.1 Å². The van der Waals surface area contributed by atoms with Crippen molar-refractivity contribution in [3.63, 3.8) is 0 Å². The molecule has 3 aromatic rings. The van der Waals surface area contributed by atoms with Gasteiger partial charge in [-0.05, 0) is 98.9 Å². The van der Waals surface area contributed by atoms with Gasteiger partial charge in [0.25, 0.3) is 0 Å². The Hall–Kier alpha value is -3.94. The van der Waals surface area contributed by atoms with Crippen LogP contribution in [0, 0.1) is 11.7 Å². The van der Waals surface area contributed by atoms with Crippen molar-refractivity contribution in [3.8, 4) is 22.6 Å². The molecule has 5 rings (SSSR count). The predicted octanol–water partition coefficient (Wildman–Crippen LogP) is 6.59. The molecule has 1 unspecified atom stereocenters. The molecule has 1 saturated carbocycles. The van der Waals surface area contributed by atoms with Gasteiger partial charge in [0.15, 0.2) is 0 Å². The van der Waals surface area contributed by atoms with E-state index in [0.717, 1.165) is 60.3 Å². The summed E-state index contributed by atoms with van der Waals surface area (Å²) in [6, 6.07) is 13.6. The highest BCUT2D eigenvalue weighted by Crippen LogP contribution is 2.48. The predicted molar refractivity (Wildman–Crippen MR) is 147 cm³/mol. The molecule has 40 heavy (non-hydrogen) atoms. The maximum absolute atomic E-state index is 13.6. The van der Waals surface area contributed by atoms with Crippen LogP contribution in [0.15, 0.2) is 54.7 Å². The lowest BCUT2D eigenvalue weighted by Crippen LogP contribution is -2.34. The zero-order chi connectivity index (χ0) is 28.3. The van der Waals surface area contributed by atoms with Gasteiger partial charge in [-0.15, -0.1) is 0 Å². The molecule has 8 heteroatoms. The number of esters is 1. The summed E-state index contributed by atoms with van der Waals surface area (Å²) in [6.45, 7) is 4.87. The highest BCUT2D eigenvalue weighted by molar-refractivity contribution is 5.86. The lowest BCUT2D eigenvalue weighted by Gasteiger charge is -2.36. The molecule has 1 spiro atoms. The molecule has 1 aliphatic heterocycles. The molecular formula is C32H34FNO6. The number of nitrogens with zero attached hydrogens (tertiary/aromatic N) is 1. The Morgan fingerprint density at radius 1 is 1.05 bits per heavy atom. The van der Waals surface area contributed by atoms with Gasteiger partial charge in [0.2, 0.25) is 0 Å². The van der Waals surface area contributed by atoms with Crippen LogP contribution in [0.3, 0.4) is 0 Å². The maximum atomic E-state index is 13.6. The second-order valence-corrected chi connectivity index (χ2v) is 10.6. The van der Waals surface area contributed by atoms with Crippen molar-refractivity contribution in [1.82, 2.24) is 4.98 Å². The second-order valence-electron chi connectivity index (χ2n) is 10.6. The molecule has 1 aliphatic carbocycles. The number of carbonyl (C=O) groups is 2. The smallest absolute Gasteiger partial charge is 0.354 e. The fraction of sp³-hybridized carbons (Fsp3) is 0.406. The summed E-state index contributed by atoms with van der Waals surface area (Å²) in [5.41, 5.74) is 2.95. The van der Waals surface area contributed by atoms with Crippen molar-refractivity contribution >= 4 is 11.9 Å². The van der Waals surface area contributed by atoms with E-state index in [1.54, 1.807) is 18.2 Å². The summed E-state index contributed by atoms with van der Waals surface area (Å²) in [5, 5.41) is 9.10. The zero-order valence-electron chi connectivity index (χ0n) is 22.8. The number of pyridine rings is 1. The standard InChI is InChI=1S/C32H34FNO6/c1-3-38-27-16-21(17-28(39-4-2)29(27)22-5-8-24(33)9-6-22)15-20-11-13-32(14-12-20)18-25(31(37)40-32)23-7-10-26(30(35)36)34-19-23/h5-10,16-17,19-20,25H,3-4,11-15,18H2,1-2H3,(H,35,36). The third-order valence-corrected chi connectivity index (χ3v) is 7.98. The van der Waals surface area contributed by atoms with Crippen LogP contribution < -0.4 is 9.47 Å². The molecule has 2 aliphatic rings. The van der Waals surface area contributed by atoms with E-state index in [2.05, 4.69) is 17.1 Å². The first-order valence-corrected chi connectivity index (χ1v) is 13.9. The highest BCUT2D eigenvalue weighted by Gasteiger charge is 2.49. The van der Waals surface area contributed by atoms with E-state index in [9.17, 15) is 14.0 Å². The van der Waals surface area contributed by atoms with E-state index in [-0.39, 0.29) is 17.5 Å². The minimum Gasteiger partial charge on any atom is -0.493 e. The molecule has 2 heterocycles. The van der Waals surface area contributed by atoms with Gasteiger partial charge in [-0.2, -0.15) is 0 Å². The van der Waals surface area contributed by atoms with Gasteiger partial charge in [0.1, 0.15) is 28.6 Å². The van der Waals surface area contributed by atoms with Crippen molar-refractivity contribution in [2.75, 3.05) is 13.2 Å². The Labute approximate surface area is 233 Å². The molecule has 1 aromatic heterocycles. The number of rotatable bonds is 9. The number of halogens is 1. The van der Waals surface area contributed by atoms with Crippen LogP contribution in [0.5, 0.6) is 11.5 Å². The number of benzene rings is 2. The van der Waals surface area contributed by atoms with Crippen LogP contribution in [0.4, 0.5) is 4.39 Å². The number of aromatic nitrogens is 1. The fourth-order valence-corrected chi connectivity index (χ4v) is 6.02. The number of hydrogen-bond donors (Lipinski definition) is 1. The van der Waals surface area contributed by atoms with Crippen molar-refractivity contribution in [2.45, 2.75) is 63.9 Å². The summed E-state index contributed by atoms with van der Waals surface area (Å²) in [7, 11) is 0. The van der Waals surface area contributed by atoms with Gasteiger partial charge in [0.05, 0.1) is 24.7 Å². The summed E-state index contributed by atoms with van der Waals surface area (Å²) >= 11 is 0. The average molecular weight is 548 g/mol. The van der Waals surface area contributed by atoms with E-state index in [1.165, 1.54) is 24.4 Å². The molecule has 0 radical (unpaired) electrons. The number of carbonyl (C=O) groups excluding carboxylic acids is 1. The van der Waals surface area contributed by atoms with Gasteiger partial charge in [-0.3, -0.25) is 4.79 Å². The van der Waals surface area contributed by atoms with Crippen LogP contribution >= 0.6 is 0 Å². The molecule has 1 atom stereocenters. The quantitative estimate of drug-likeness (QED) is 0.302. The molecule has 210 valence electrons. The van der Waals surface area contributed by atoms with Gasteiger partial charge < -0.3 is 19.3 Å². The van der Waals surface area contributed by atoms with Gasteiger partial charge in [-0.1, -0.05) is 18.2 Å². The monoisotopic (exact) mass is 547 g/mol. The third-order valence-electron chi connectivity index (χ3n) is 7.98. The molecule has 7 nitrogen and oxygen atoms in total. The number of carboxylic acid groups (broad SMARTS) is 1. The summed E-state index contributed by atoms with van der Waals surface area (Å²) < 4.78 is 31.6. The Morgan fingerprint density at radius 2 is 1.70 bits per heavy atom. The Bertz CT molecular complexity index is 1340. The molecular weight excluding hydrogens is 513 g/mol. The molecule has 1 saturated heterocycles. The Morgan fingerprint density at radius 3 is 2.25 bits per heavy atom. The third kappa shape index (κ3) is 5.81. The first-order valence-electron chi connectivity index (χ1n) is 13.9. The Balaban J connectivity index is 1.29. The molecule has 1 N–H and O–H groups in total. The molecule has 0 bridgehead atoms. The minimum absolute atomic E-state index is 0.0453. The van der Waals surface area contributed by atoms with Crippen molar-refractivity contribution in [1.29, 1.82) is 0 Å². The van der Waals surface area contributed by atoms with E-state index in [4.69, 9.17) is 19.3 Å². The maximum Gasteiger partial charge on any atom is 0.354 e. The summed E-state index contributed by atoms with van der Waals surface area (Å²) in [5.74, 6) is -0.216. The second kappa shape index (κ2) is 11.7. The Kier molecular flexibility index (Phi) is 8.05. The zero-order valence-corrected chi connectivity index (χ0v) is 22.8. The normalized spacial score (nSPS) is 22.2. The SMILES string of the molecule is CCOc1cc(CC2CCC3(CC2)CC(c2ccc(C(=O)O)nc2)C(=O)O3)cc(OCC)c1-c1ccc(F)cc1. The number of hydrogen-bond acceptors (Lipinski definition) is 6. The van der Waals surface area contributed by atoms with E-state index < -0.39 is 17.5 Å². The van der Waals surface area contributed by atoms with Crippen LogP contribution in [-0.2, 0) is 16.0 Å². The van der Waals surface area contributed by atoms with E-state index >= 15 is 0 Å². The summed E-state index contributed by atoms with van der Waals surface area (Å²) in [4.78, 5) is 27.9. The van der Waals surface area contributed by atoms with Crippen molar-refractivity contribution < 1.29 is 33.3 Å². The van der Waals surface area contributed by atoms with E-state index in [1.807, 2.05) is 13.8 Å². The number of ether oxygens (including phenoxy) is 3. The van der Waals surface area contributed by atoms with Gasteiger partial charge in [0, 0.05) is 12.6 Å². The lowest BCUT2D eigenvalue weighted by atomic mass is 9.73. The van der Waals surface area contributed by atoms with Crippen molar-refractivity contribution in [3.05, 3.63) is 77.4 Å². The fourth-order valence-electron chi connectivity index (χ4n) is 6.02. The van der Waals surface area contributed by atoms with Gasteiger partial charge in [-0.25, -0.2) is 14.2 Å². The number of carboxylic acids is 1. The van der Waals surface area contributed by atoms with Crippen molar-refractivity contribution in [2.24, 2.45) is 5.92 Å². The van der Waals surface area contributed by atoms with Crippen LogP contribution in [-0.4, -0.2) is 40.8 Å². The van der Waals surface area contributed by atoms with Gasteiger partial charge >= 0.3 is 11.9 Å². The summed E-state index contributed by atoms with van der Waals surface area (Å²) in [6.07, 6.45) is 6.31. The largest absolute Gasteiger partial charge is 0.493 e. The first kappa shape index (κ1) is 27.6. The first-order chi connectivity index (χ1) is 19.3. The molecule has 2 aromatic carbocycles. The highest BCUT2D eigenvalue weighted by atomic mass is 19.1. The number of aromatic carboxylic acids is 1. The van der Waals surface area contributed by atoms with Crippen LogP contribution in [0.1, 0.15) is 73.5 Å². The van der Waals surface area contributed by atoms with Crippen LogP contribution in [0.2, 0.25) is 0 Å². The topological polar surface area (TPSA) is 95.0 Å². The minimum atomic E-state index is -1.10.